The molecule has 0 aliphatic heterocycles. The van der Waals surface area contributed by atoms with E-state index in [4.69, 9.17) is 16.3 Å². The van der Waals surface area contributed by atoms with Crippen LogP contribution in [-0.4, -0.2) is 17.9 Å². The molecule has 0 unspecified atom stereocenters. The van der Waals surface area contributed by atoms with Crippen LogP contribution in [0.1, 0.15) is 15.9 Å². The Balaban J connectivity index is 2.34. The number of halogens is 2. The van der Waals surface area contributed by atoms with E-state index < -0.39 is 5.82 Å². The van der Waals surface area contributed by atoms with Gasteiger partial charge in [-0.25, -0.2) is 9.37 Å². The summed E-state index contributed by atoms with van der Waals surface area (Å²) in [5.41, 5.74) is 0.701. The van der Waals surface area contributed by atoms with Crippen molar-refractivity contribution in [2.75, 3.05) is 7.11 Å². The van der Waals surface area contributed by atoms with Crippen LogP contribution in [0, 0.1) is 5.82 Å². The molecule has 0 radical (unpaired) electrons. The topological polar surface area (TPSA) is 39.2 Å². The second-order valence-corrected chi connectivity index (χ2v) is 3.96. The Morgan fingerprint density at radius 1 is 1.28 bits per heavy atom. The Labute approximate surface area is 108 Å². The Bertz CT molecular complexity index is 584. The van der Waals surface area contributed by atoms with Crippen LogP contribution in [0.3, 0.4) is 0 Å². The summed E-state index contributed by atoms with van der Waals surface area (Å²) in [7, 11) is 1.44. The summed E-state index contributed by atoms with van der Waals surface area (Å²) < 4.78 is 17.7. The summed E-state index contributed by atoms with van der Waals surface area (Å²) in [4.78, 5) is 16.0. The summed E-state index contributed by atoms with van der Waals surface area (Å²) in [6.45, 7) is 0. The molecule has 0 saturated heterocycles. The van der Waals surface area contributed by atoms with Crippen LogP contribution in [0.25, 0.3) is 0 Å². The van der Waals surface area contributed by atoms with Crippen molar-refractivity contribution >= 4 is 17.4 Å². The highest BCUT2D eigenvalue weighted by atomic mass is 35.5. The van der Waals surface area contributed by atoms with Crippen LogP contribution in [0.4, 0.5) is 4.39 Å². The zero-order valence-electron chi connectivity index (χ0n) is 9.48. The largest absolute Gasteiger partial charge is 0.480 e. The Morgan fingerprint density at radius 2 is 1.94 bits per heavy atom. The SMILES string of the molecule is COc1ncc(C(=O)c2ccc(F)cc2)cc1Cl. The first-order valence-corrected chi connectivity index (χ1v) is 5.49. The van der Waals surface area contributed by atoms with Gasteiger partial charge in [-0.1, -0.05) is 11.6 Å². The number of hydrogen-bond donors (Lipinski definition) is 0. The first kappa shape index (κ1) is 12.5. The molecular formula is C13H9ClFNO2. The molecule has 1 aromatic carbocycles. The van der Waals surface area contributed by atoms with Gasteiger partial charge in [-0.15, -0.1) is 0 Å². The number of rotatable bonds is 3. The number of carbonyl (C=O) groups is 1. The third-order valence-electron chi connectivity index (χ3n) is 2.37. The normalized spacial score (nSPS) is 10.2. The third-order valence-corrected chi connectivity index (χ3v) is 2.64. The molecule has 18 heavy (non-hydrogen) atoms. The van der Waals surface area contributed by atoms with E-state index in [1.807, 2.05) is 0 Å². The minimum Gasteiger partial charge on any atom is -0.480 e. The van der Waals surface area contributed by atoms with Gasteiger partial charge < -0.3 is 4.74 Å². The molecule has 0 aliphatic carbocycles. The van der Waals surface area contributed by atoms with Crippen molar-refractivity contribution in [1.29, 1.82) is 0 Å². The monoisotopic (exact) mass is 265 g/mol. The molecule has 1 aromatic heterocycles. The molecule has 3 nitrogen and oxygen atoms in total. The summed E-state index contributed by atoms with van der Waals surface area (Å²) in [5, 5.41) is 0.255. The van der Waals surface area contributed by atoms with E-state index in [9.17, 15) is 9.18 Å². The molecule has 0 atom stereocenters. The number of methoxy groups -OCH3 is 1. The number of benzene rings is 1. The first-order valence-electron chi connectivity index (χ1n) is 5.11. The van der Waals surface area contributed by atoms with Gasteiger partial charge >= 0.3 is 0 Å². The van der Waals surface area contributed by atoms with Gasteiger partial charge in [0.2, 0.25) is 5.88 Å². The van der Waals surface area contributed by atoms with Crippen LogP contribution in [0.2, 0.25) is 5.02 Å². The lowest BCUT2D eigenvalue weighted by atomic mass is 10.1. The molecular weight excluding hydrogens is 257 g/mol. The number of pyridine rings is 1. The second-order valence-electron chi connectivity index (χ2n) is 3.55. The van der Waals surface area contributed by atoms with E-state index in [1.54, 1.807) is 0 Å². The quantitative estimate of drug-likeness (QED) is 0.801. The number of hydrogen-bond acceptors (Lipinski definition) is 3. The molecule has 2 aromatic rings. The van der Waals surface area contributed by atoms with Crippen LogP contribution in [0.5, 0.6) is 5.88 Å². The lowest BCUT2D eigenvalue weighted by Gasteiger charge is -2.04. The van der Waals surface area contributed by atoms with Gasteiger partial charge in [0.05, 0.1) is 7.11 Å². The predicted molar refractivity (Wildman–Crippen MR) is 65.6 cm³/mol. The summed E-state index contributed by atoms with van der Waals surface area (Å²) >= 11 is 5.89. The van der Waals surface area contributed by atoms with Gasteiger partial charge in [-0.05, 0) is 30.3 Å². The molecule has 0 N–H and O–H groups in total. The molecule has 0 spiro atoms. The highest BCUT2D eigenvalue weighted by Crippen LogP contribution is 2.23. The van der Waals surface area contributed by atoms with Gasteiger partial charge in [-0.2, -0.15) is 0 Å². The lowest BCUT2D eigenvalue weighted by Crippen LogP contribution is -2.02. The molecule has 1 heterocycles. The lowest BCUT2D eigenvalue weighted by molar-refractivity contribution is 0.103. The van der Waals surface area contributed by atoms with Gasteiger partial charge in [-0.3, -0.25) is 4.79 Å². The molecule has 0 bridgehead atoms. The minimum absolute atomic E-state index is 0.255. The van der Waals surface area contributed by atoms with Gasteiger partial charge in [0, 0.05) is 17.3 Å². The van der Waals surface area contributed by atoms with Crippen molar-refractivity contribution < 1.29 is 13.9 Å². The Hall–Kier alpha value is -1.94. The molecule has 5 heteroatoms. The minimum atomic E-state index is -0.391. The van der Waals surface area contributed by atoms with Crippen molar-refractivity contribution in [2.45, 2.75) is 0 Å². The Kier molecular flexibility index (Phi) is 3.58. The average Bonchev–Trinajstić information content (AvgIpc) is 2.38. The van der Waals surface area contributed by atoms with Crippen LogP contribution in [-0.2, 0) is 0 Å². The molecule has 0 aliphatic rings. The van der Waals surface area contributed by atoms with Crippen molar-refractivity contribution in [3.8, 4) is 5.88 Å². The van der Waals surface area contributed by atoms with E-state index in [-0.39, 0.29) is 16.7 Å². The van der Waals surface area contributed by atoms with Crippen molar-refractivity contribution in [3.63, 3.8) is 0 Å². The maximum atomic E-state index is 12.8. The fourth-order valence-corrected chi connectivity index (χ4v) is 1.71. The average molecular weight is 266 g/mol. The summed E-state index contributed by atoms with van der Waals surface area (Å²) in [6.07, 6.45) is 1.37. The standard InChI is InChI=1S/C13H9ClFNO2/c1-18-13-11(14)6-9(7-16-13)12(17)8-2-4-10(15)5-3-8/h2-7H,1H3. The number of carbonyl (C=O) groups excluding carboxylic acids is 1. The molecule has 0 fully saturated rings. The van der Waals surface area contributed by atoms with Gasteiger partial charge in [0.25, 0.3) is 0 Å². The van der Waals surface area contributed by atoms with Crippen molar-refractivity contribution in [3.05, 3.63) is 58.5 Å². The highest BCUT2D eigenvalue weighted by molar-refractivity contribution is 6.32. The summed E-state index contributed by atoms with van der Waals surface area (Å²) in [6, 6.07) is 6.75. The van der Waals surface area contributed by atoms with Crippen LogP contribution >= 0.6 is 11.6 Å². The number of nitrogens with zero attached hydrogens (tertiary/aromatic N) is 1. The van der Waals surface area contributed by atoms with E-state index in [0.29, 0.717) is 11.1 Å². The fraction of sp³-hybridized carbons (Fsp3) is 0.0769. The number of ketones is 1. The van der Waals surface area contributed by atoms with E-state index in [0.717, 1.165) is 0 Å². The smallest absolute Gasteiger partial charge is 0.232 e. The molecule has 0 amide bonds. The number of aromatic nitrogens is 1. The maximum absolute atomic E-state index is 12.8. The first-order chi connectivity index (χ1) is 8.61. The fourth-order valence-electron chi connectivity index (χ4n) is 1.47. The van der Waals surface area contributed by atoms with Crippen molar-refractivity contribution in [1.82, 2.24) is 4.98 Å². The molecule has 2 rings (SSSR count). The highest BCUT2D eigenvalue weighted by Gasteiger charge is 2.12. The zero-order chi connectivity index (χ0) is 13.1. The molecule has 92 valence electrons. The van der Waals surface area contributed by atoms with Gasteiger partial charge in [0.15, 0.2) is 5.78 Å². The number of ether oxygens (including phenoxy) is 1. The maximum Gasteiger partial charge on any atom is 0.232 e. The zero-order valence-corrected chi connectivity index (χ0v) is 10.2. The van der Waals surface area contributed by atoms with Crippen LogP contribution < -0.4 is 4.74 Å². The van der Waals surface area contributed by atoms with Crippen molar-refractivity contribution in [2.24, 2.45) is 0 Å². The second kappa shape index (κ2) is 5.14. The van der Waals surface area contributed by atoms with E-state index in [2.05, 4.69) is 4.98 Å². The summed E-state index contributed by atoms with van der Waals surface area (Å²) in [5.74, 6) is -0.406. The predicted octanol–water partition coefficient (Wildman–Crippen LogP) is 3.11. The Morgan fingerprint density at radius 3 is 2.50 bits per heavy atom. The van der Waals surface area contributed by atoms with E-state index >= 15 is 0 Å². The molecule has 0 saturated carbocycles. The van der Waals surface area contributed by atoms with E-state index in [1.165, 1.54) is 43.6 Å². The van der Waals surface area contributed by atoms with Gasteiger partial charge in [0.1, 0.15) is 10.8 Å². The van der Waals surface area contributed by atoms with Crippen LogP contribution in [0.15, 0.2) is 36.5 Å². The third kappa shape index (κ3) is 2.49.